The Morgan fingerprint density at radius 3 is 2.50 bits per heavy atom. The molecule has 0 heterocycles. The monoisotopic (exact) mass is 198 g/mol. The molecule has 0 amide bonds. The average Bonchev–Trinajstić information content (AvgIpc) is 2.49. The quantitative estimate of drug-likeness (QED) is 0.710. The molecule has 3 N–H and O–H groups in total. The van der Waals surface area contributed by atoms with E-state index in [9.17, 15) is 0 Å². The average molecular weight is 198 g/mol. The summed E-state index contributed by atoms with van der Waals surface area (Å²) in [6, 6.07) is 1.27. The molecule has 1 rings (SSSR count). The van der Waals surface area contributed by atoms with Crippen molar-refractivity contribution in [2.45, 2.75) is 58.5 Å². The fraction of sp³-hybridized carbons (Fsp3) is 1.00. The predicted molar refractivity (Wildman–Crippen MR) is 62.2 cm³/mol. The normalized spacial score (nSPS) is 29.8. The first-order chi connectivity index (χ1) is 6.61. The Balaban J connectivity index is 2.26. The molecule has 2 heteroatoms. The van der Waals surface area contributed by atoms with E-state index < -0.39 is 0 Å². The number of hydrogen-bond acceptors (Lipinski definition) is 2. The summed E-state index contributed by atoms with van der Waals surface area (Å²) in [5.74, 6) is 1.65. The van der Waals surface area contributed by atoms with Gasteiger partial charge >= 0.3 is 0 Å². The lowest BCUT2D eigenvalue weighted by molar-refractivity contribution is 0.372. The summed E-state index contributed by atoms with van der Waals surface area (Å²) in [7, 11) is 0. The largest absolute Gasteiger partial charge is 0.329 e. The minimum Gasteiger partial charge on any atom is -0.329 e. The van der Waals surface area contributed by atoms with E-state index in [1.54, 1.807) is 0 Å². The Labute approximate surface area is 88.6 Å². The molecular weight excluding hydrogens is 172 g/mol. The third-order valence-electron chi connectivity index (χ3n) is 3.21. The van der Waals surface area contributed by atoms with E-state index in [0.717, 1.165) is 24.4 Å². The third kappa shape index (κ3) is 3.97. The van der Waals surface area contributed by atoms with Crippen molar-refractivity contribution in [3.05, 3.63) is 0 Å². The molecule has 1 aliphatic rings. The van der Waals surface area contributed by atoms with Crippen molar-refractivity contribution in [2.24, 2.45) is 17.6 Å². The molecule has 0 bridgehead atoms. The smallest absolute Gasteiger partial charge is 0.0195 e. The van der Waals surface area contributed by atoms with Gasteiger partial charge in [-0.05, 0) is 37.5 Å². The van der Waals surface area contributed by atoms with E-state index in [1.165, 1.54) is 25.7 Å². The maximum absolute atomic E-state index is 5.77. The lowest BCUT2D eigenvalue weighted by atomic mass is 10.0. The van der Waals surface area contributed by atoms with Crippen LogP contribution in [0.2, 0.25) is 0 Å². The van der Waals surface area contributed by atoms with Gasteiger partial charge in [0.15, 0.2) is 0 Å². The molecule has 0 saturated heterocycles. The van der Waals surface area contributed by atoms with Crippen LogP contribution in [0.3, 0.4) is 0 Å². The maximum atomic E-state index is 5.77. The minimum absolute atomic E-state index is 0.533. The van der Waals surface area contributed by atoms with Crippen molar-refractivity contribution in [3.8, 4) is 0 Å². The maximum Gasteiger partial charge on any atom is 0.0195 e. The Morgan fingerprint density at radius 1 is 1.36 bits per heavy atom. The predicted octanol–water partition coefficient (Wildman–Crippen LogP) is 2.14. The molecule has 1 aliphatic carbocycles. The van der Waals surface area contributed by atoms with Crippen LogP contribution in [0.15, 0.2) is 0 Å². The van der Waals surface area contributed by atoms with Gasteiger partial charge in [0.25, 0.3) is 0 Å². The Hall–Kier alpha value is -0.0800. The summed E-state index contributed by atoms with van der Waals surface area (Å²) in [5, 5.41) is 3.70. The molecule has 3 atom stereocenters. The Bertz CT molecular complexity index is 156. The van der Waals surface area contributed by atoms with Gasteiger partial charge in [-0.15, -0.1) is 0 Å². The molecule has 1 saturated carbocycles. The summed E-state index contributed by atoms with van der Waals surface area (Å²) in [6.45, 7) is 7.66. The molecule has 14 heavy (non-hydrogen) atoms. The number of nitrogens with two attached hydrogens (primary N) is 1. The summed E-state index contributed by atoms with van der Waals surface area (Å²) in [5.41, 5.74) is 5.77. The first-order valence-corrected chi connectivity index (χ1v) is 6.08. The SMILES string of the molecule is CC(C)CC(CN)NC1CCC(C)C1. The van der Waals surface area contributed by atoms with Gasteiger partial charge in [-0.3, -0.25) is 0 Å². The second-order valence-corrected chi connectivity index (χ2v) is 5.34. The van der Waals surface area contributed by atoms with Crippen molar-refractivity contribution >= 4 is 0 Å². The van der Waals surface area contributed by atoms with Crippen molar-refractivity contribution in [3.63, 3.8) is 0 Å². The summed E-state index contributed by atoms with van der Waals surface area (Å²) >= 11 is 0. The topological polar surface area (TPSA) is 38.0 Å². The van der Waals surface area contributed by atoms with Crippen LogP contribution in [-0.4, -0.2) is 18.6 Å². The zero-order valence-corrected chi connectivity index (χ0v) is 9.92. The van der Waals surface area contributed by atoms with Gasteiger partial charge in [-0.1, -0.05) is 20.8 Å². The second-order valence-electron chi connectivity index (χ2n) is 5.34. The summed E-state index contributed by atoms with van der Waals surface area (Å²) in [6.07, 6.45) is 5.28. The van der Waals surface area contributed by atoms with E-state index in [2.05, 4.69) is 26.1 Å². The number of rotatable bonds is 5. The number of nitrogens with one attached hydrogen (secondary N) is 1. The molecule has 0 aromatic heterocycles. The number of hydrogen-bond donors (Lipinski definition) is 2. The standard InChI is InChI=1S/C12H26N2/c1-9(2)6-12(8-13)14-11-5-4-10(3)7-11/h9-12,14H,4-8,13H2,1-3H3. The molecule has 0 aliphatic heterocycles. The Kier molecular flexibility index (Phi) is 4.90. The first-order valence-electron chi connectivity index (χ1n) is 6.08. The van der Waals surface area contributed by atoms with Crippen molar-refractivity contribution in [1.29, 1.82) is 0 Å². The molecule has 0 aromatic carbocycles. The minimum atomic E-state index is 0.533. The van der Waals surface area contributed by atoms with E-state index >= 15 is 0 Å². The third-order valence-corrected chi connectivity index (χ3v) is 3.21. The molecule has 3 unspecified atom stereocenters. The van der Waals surface area contributed by atoms with Crippen LogP contribution >= 0.6 is 0 Å². The molecule has 0 radical (unpaired) electrons. The first kappa shape index (κ1) is 12.0. The van der Waals surface area contributed by atoms with Crippen LogP contribution in [0.4, 0.5) is 0 Å². The van der Waals surface area contributed by atoms with Gasteiger partial charge in [-0.2, -0.15) is 0 Å². The van der Waals surface area contributed by atoms with E-state index in [0.29, 0.717) is 6.04 Å². The highest BCUT2D eigenvalue weighted by molar-refractivity contribution is 4.82. The van der Waals surface area contributed by atoms with Gasteiger partial charge in [-0.25, -0.2) is 0 Å². The van der Waals surface area contributed by atoms with Crippen molar-refractivity contribution in [2.75, 3.05) is 6.54 Å². The summed E-state index contributed by atoms with van der Waals surface area (Å²) in [4.78, 5) is 0. The fourth-order valence-corrected chi connectivity index (χ4v) is 2.49. The van der Waals surface area contributed by atoms with Crippen LogP contribution in [-0.2, 0) is 0 Å². The lowest BCUT2D eigenvalue weighted by Crippen LogP contribution is -2.42. The second kappa shape index (κ2) is 5.72. The van der Waals surface area contributed by atoms with E-state index in [-0.39, 0.29) is 0 Å². The highest BCUT2D eigenvalue weighted by Crippen LogP contribution is 2.25. The molecule has 2 nitrogen and oxygen atoms in total. The van der Waals surface area contributed by atoms with Crippen molar-refractivity contribution < 1.29 is 0 Å². The zero-order chi connectivity index (χ0) is 10.6. The van der Waals surface area contributed by atoms with Crippen LogP contribution in [0.5, 0.6) is 0 Å². The van der Waals surface area contributed by atoms with Gasteiger partial charge in [0.05, 0.1) is 0 Å². The van der Waals surface area contributed by atoms with Gasteiger partial charge in [0.2, 0.25) is 0 Å². The van der Waals surface area contributed by atoms with E-state index in [1.807, 2.05) is 0 Å². The van der Waals surface area contributed by atoms with Gasteiger partial charge in [0, 0.05) is 18.6 Å². The molecule has 0 aromatic rings. The van der Waals surface area contributed by atoms with Crippen LogP contribution in [0, 0.1) is 11.8 Å². The molecule has 0 spiro atoms. The van der Waals surface area contributed by atoms with Crippen LogP contribution in [0.25, 0.3) is 0 Å². The highest BCUT2D eigenvalue weighted by atomic mass is 15.0. The van der Waals surface area contributed by atoms with Crippen LogP contribution in [0.1, 0.15) is 46.5 Å². The lowest BCUT2D eigenvalue weighted by Gasteiger charge is -2.23. The van der Waals surface area contributed by atoms with Gasteiger partial charge in [0.1, 0.15) is 0 Å². The van der Waals surface area contributed by atoms with Gasteiger partial charge < -0.3 is 11.1 Å². The zero-order valence-electron chi connectivity index (χ0n) is 9.92. The fourth-order valence-electron chi connectivity index (χ4n) is 2.49. The summed E-state index contributed by atoms with van der Waals surface area (Å²) < 4.78 is 0. The Morgan fingerprint density at radius 2 is 2.07 bits per heavy atom. The van der Waals surface area contributed by atoms with E-state index in [4.69, 9.17) is 5.73 Å². The molecular formula is C12H26N2. The molecule has 84 valence electrons. The van der Waals surface area contributed by atoms with Crippen molar-refractivity contribution in [1.82, 2.24) is 5.32 Å². The highest BCUT2D eigenvalue weighted by Gasteiger charge is 2.23. The van der Waals surface area contributed by atoms with Crippen LogP contribution < -0.4 is 11.1 Å². The molecule has 1 fully saturated rings.